The van der Waals surface area contributed by atoms with Crippen LogP contribution in [0.2, 0.25) is 5.02 Å². The number of benzene rings is 2. The van der Waals surface area contributed by atoms with Crippen molar-refractivity contribution in [1.29, 1.82) is 0 Å². The van der Waals surface area contributed by atoms with Gasteiger partial charge in [-0.1, -0.05) is 23.7 Å². The predicted octanol–water partition coefficient (Wildman–Crippen LogP) is 6.33. The van der Waals surface area contributed by atoms with E-state index in [1.165, 1.54) is 11.1 Å². The summed E-state index contributed by atoms with van der Waals surface area (Å²) >= 11 is 12.4. The van der Waals surface area contributed by atoms with Crippen molar-refractivity contribution in [1.82, 2.24) is 14.9 Å². The number of halogens is 1. The molecule has 34 heavy (non-hydrogen) atoms. The Bertz CT molecular complexity index is 1350. The van der Waals surface area contributed by atoms with Crippen LogP contribution in [-0.4, -0.2) is 21.8 Å². The number of anilines is 1. The molecule has 0 amide bonds. The standard InChI is InChI=1S/C27H25ClN4OS/c1-17-9-10-19(15-18(17)2)31-14-6-8-23(31)26-25(22-7-4-5-13-29-22)30-27(34)32(26)20-11-12-24(33-3)21(28)16-20/h4-16,25-26H,1-3H3,(H,30,34). The van der Waals surface area contributed by atoms with Gasteiger partial charge in [-0.3, -0.25) is 4.98 Å². The normalized spacial score (nSPS) is 17.6. The van der Waals surface area contributed by atoms with E-state index in [2.05, 4.69) is 70.1 Å². The van der Waals surface area contributed by atoms with Crippen LogP contribution in [0.25, 0.3) is 5.69 Å². The van der Waals surface area contributed by atoms with E-state index in [0.717, 1.165) is 22.8 Å². The third-order valence-electron chi connectivity index (χ3n) is 6.36. The van der Waals surface area contributed by atoms with Gasteiger partial charge in [-0.15, -0.1) is 0 Å². The third-order valence-corrected chi connectivity index (χ3v) is 6.97. The number of nitrogens with zero attached hydrogens (tertiary/aromatic N) is 3. The molecule has 0 bridgehead atoms. The number of nitrogens with one attached hydrogen (secondary N) is 1. The van der Waals surface area contributed by atoms with E-state index in [0.29, 0.717) is 15.9 Å². The smallest absolute Gasteiger partial charge is 0.174 e. The number of hydrogen-bond donors (Lipinski definition) is 1. The highest BCUT2D eigenvalue weighted by molar-refractivity contribution is 7.80. The second-order valence-electron chi connectivity index (χ2n) is 8.39. The van der Waals surface area contributed by atoms with Gasteiger partial charge < -0.3 is 19.5 Å². The molecular formula is C27H25ClN4OS. The highest BCUT2D eigenvalue weighted by atomic mass is 35.5. The van der Waals surface area contributed by atoms with Crippen LogP contribution in [0.4, 0.5) is 5.69 Å². The molecule has 1 saturated heterocycles. The minimum Gasteiger partial charge on any atom is -0.495 e. The van der Waals surface area contributed by atoms with Crippen molar-refractivity contribution in [2.45, 2.75) is 25.9 Å². The van der Waals surface area contributed by atoms with E-state index >= 15 is 0 Å². The van der Waals surface area contributed by atoms with Crippen molar-refractivity contribution in [2.75, 3.05) is 12.0 Å². The summed E-state index contributed by atoms with van der Waals surface area (Å²) in [6.07, 6.45) is 3.90. The molecule has 1 fully saturated rings. The van der Waals surface area contributed by atoms with E-state index < -0.39 is 0 Å². The molecule has 4 aromatic rings. The van der Waals surface area contributed by atoms with Crippen LogP contribution in [0, 0.1) is 13.8 Å². The van der Waals surface area contributed by atoms with Crippen molar-refractivity contribution in [3.05, 3.63) is 107 Å². The Morgan fingerprint density at radius 3 is 2.50 bits per heavy atom. The summed E-state index contributed by atoms with van der Waals surface area (Å²) in [7, 11) is 1.61. The molecule has 1 aliphatic rings. The van der Waals surface area contributed by atoms with Crippen molar-refractivity contribution in [3.63, 3.8) is 0 Å². The predicted molar refractivity (Wildman–Crippen MR) is 141 cm³/mol. The Morgan fingerprint density at radius 1 is 0.971 bits per heavy atom. The molecule has 2 aromatic carbocycles. The van der Waals surface area contributed by atoms with E-state index in [1.54, 1.807) is 7.11 Å². The fourth-order valence-corrected chi connectivity index (χ4v) is 5.08. The summed E-state index contributed by atoms with van der Waals surface area (Å²) in [5, 5.41) is 4.67. The third kappa shape index (κ3) is 3.93. The highest BCUT2D eigenvalue weighted by Crippen LogP contribution is 2.43. The molecule has 7 heteroatoms. The van der Waals surface area contributed by atoms with Crippen LogP contribution in [0.3, 0.4) is 0 Å². The number of hydrogen-bond acceptors (Lipinski definition) is 3. The first-order chi connectivity index (χ1) is 16.5. The zero-order valence-electron chi connectivity index (χ0n) is 19.2. The van der Waals surface area contributed by atoms with Crippen LogP contribution < -0.4 is 15.0 Å². The van der Waals surface area contributed by atoms with E-state index in [-0.39, 0.29) is 12.1 Å². The Balaban J connectivity index is 1.67. The van der Waals surface area contributed by atoms with Gasteiger partial charge in [-0.2, -0.15) is 0 Å². The van der Waals surface area contributed by atoms with Crippen molar-refractivity contribution < 1.29 is 4.74 Å². The first-order valence-electron chi connectivity index (χ1n) is 11.1. The minimum absolute atomic E-state index is 0.144. The molecule has 0 aliphatic carbocycles. The van der Waals surface area contributed by atoms with E-state index in [9.17, 15) is 0 Å². The number of methoxy groups -OCH3 is 1. The number of aryl methyl sites for hydroxylation is 2. The lowest BCUT2D eigenvalue weighted by Gasteiger charge is -2.29. The minimum atomic E-state index is -0.150. The maximum atomic E-state index is 6.51. The molecule has 2 atom stereocenters. The van der Waals surface area contributed by atoms with Crippen molar-refractivity contribution in [3.8, 4) is 11.4 Å². The molecule has 0 spiro atoms. The fourth-order valence-electron chi connectivity index (χ4n) is 4.48. The second-order valence-corrected chi connectivity index (χ2v) is 9.18. The fraction of sp³-hybridized carbons (Fsp3) is 0.185. The van der Waals surface area contributed by atoms with E-state index in [1.807, 2.05) is 42.6 Å². The molecule has 1 aliphatic heterocycles. The molecule has 3 heterocycles. The maximum Gasteiger partial charge on any atom is 0.174 e. The zero-order valence-corrected chi connectivity index (χ0v) is 20.8. The van der Waals surface area contributed by atoms with Crippen LogP contribution in [-0.2, 0) is 0 Å². The number of rotatable bonds is 5. The monoisotopic (exact) mass is 488 g/mol. The van der Waals surface area contributed by atoms with Gasteiger partial charge in [-0.05, 0) is 91.8 Å². The van der Waals surface area contributed by atoms with Crippen LogP contribution in [0.5, 0.6) is 5.75 Å². The largest absolute Gasteiger partial charge is 0.495 e. The average Bonchev–Trinajstić information content (AvgIpc) is 3.45. The molecule has 0 radical (unpaired) electrons. The molecule has 1 N–H and O–H groups in total. The molecule has 5 nitrogen and oxygen atoms in total. The first kappa shape index (κ1) is 22.4. The Hall–Kier alpha value is -3.35. The lowest BCUT2D eigenvalue weighted by molar-refractivity contribution is 0.415. The Labute approximate surface area is 210 Å². The molecule has 172 valence electrons. The topological polar surface area (TPSA) is 42.3 Å². The van der Waals surface area contributed by atoms with Crippen molar-refractivity contribution >= 4 is 34.6 Å². The van der Waals surface area contributed by atoms with Gasteiger partial charge in [0.05, 0.1) is 23.9 Å². The van der Waals surface area contributed by atoms with Gasteiger partial charge in [-0.25, -0.2) is 0 Å². The number of ether oxygens (including phenoxy) is 1. The molecule has 2 unspecified atom stereocenters. The summed E-state index contributed by atoms with van der Waals surface area (Å²) in [5.41, 5.74) is 6.52. The van der Waals surface area contributed by atoms with Gasteiger partial charge in [0.1, 0.15) is 11.8 Å². The van der Waals surface area contributed by atoms with Gasteiger partial charge in [0, 0.05) is 29.5 Å². The molecule has 0 saturated carbocycles. The van der Waals surface area contributed by atoms with Crippen LogP contribution in [0.1, 0.15) is 34.6 Å². The second kappa shape index (κ2) is 9.12. The number of thiocarbonyl (C=S) groups is 1. The summed E-state index contributed by atoms with van der Waals surface area (Å²) in [4.78, 5) is 6.77. The van der Waals surface area contributed by atoms with Crippen molar-refractivity contribution in [2.24, 2.45) is 0 Å². The lowest BCUT2D eigenvalue weighted by atomic mass is 10.0. The average molecular weight is 489 g/mol. The van der Waals surface area contributed by atoms with Gasteiger partial charge in [0.25, 0.3) is 0 Å². The highest BCUT2D eigenvalue weighted by Gasteiger charge is 2.42. The summed E-state index contributed by atoms with van der Waals surface area (Å²) < 4.78 is 7.59. The summed E-state index contributed by atoms with van der Waals surface area (Å²) in [6.45, 7) is 4.26. The molecular weight excluding hydrogens is 464 g/mol. The Morgan fingerprint density at radius 2 is 1.79 bits per heavy atom. The SMILES string of the molecule is COc1ccc(N2C(=S)NC(c3ccccn3)C2c2cccn2-c2ccc(C)c(C)c2)cc1Cl. The molecule has 2 aromatic heterocycles. The quantitative estimate of drug-likeness (QED) is 0.332. The van der Waals surface area contributed by atoms with Gasteiger partial charge in [0.15, 0.2) is 5.11 Å². The van der Waals surface area contributed by atoms with E-state index in [4.69, 9.17) is 28.6 Å². The lowest BCUT2D eigenvalue weighted by Crippen LogP contribution is -2.30. The molecule has 5 rings (SSSR count). The zero-order chi connectivity index (χ0) is 23.8. The number of aromatic nitrogens is 2. The number of pyridine rings is 1. The van der Waals surface area contributed by atoms with Gasteiger partial charge in [0.2, 0.25) is 0 Å². The maximum absolute atomic E-state index is 6.51. The Kier molecular flexibility index (Phi) is 6.02. The van der Waals surface area contributed by atoms with Gasteiger partial charge >= 0.3 is 0 Å². The van der Waals surface area contributed by atoms with Crippen LogP contribution in [0.15, 0.2) is 79.1 Å². The first-order valence-corrected chi connectivity index (χ1v) is 11.9. The summed E-state index contributed by atoms with van der Waals surface area (Å²) in [6, 6.07) is 22.1. The van der Waals surface area contributed by atoms with Crippen LogP contribution >= 0.6 is 23.8 Å². The summed E-state index contributed by atoms with van der Waals surface area (Å²) in [5.74, 6) is 0.625.